The van der Waals surface area contributed by atoms with Gasteiger partial charge in [0.05, 0.1) is 19.8 Å². The summed E-state index contributed by atoms with van der Waals surface area (Å²) in [4.78, 5) is 4.18. The number of aromatic nitrogens is 2. The van der Waals surface area contributed by atoms with Crippen LogP contribution in [0.4, 0.5) is 4.39 Å². The van der Waals surface area contributed by atoms with Crippen LogP contribution < -0.4 is 4.74 Å². The topological polar surface area (TPSA) is 47.3 Å². The average molecular weight is 264 g/mol. The summed E-state index contributed by atoms with van der Waals surface area (Å²) in [6.45, 7) is 2.35. The number of aryl methyl sites for hydroxylation is 1. The van der Waals surface area contributed by atoms with Crippen LogP contribution in [0.1, 0.15) is 24.4 Å². The van der Waals surface area contributed by atoms with Crippen LogP contribution in [-0.2, 0) is 13.0 Å². The number of nitrogens with zero attached hydrogens (tertiary/aromatic N) is 2. The Bertz CT molecular complexity index is 554. The molecule has 0 radical (unpaired) electrons. The molecule has 5 heteroatoms. The molecule has 4 nitrogen and oxygen atoms in total. The Morgan fingerprint density at radius 3 is 2.89 bits per heavy atom. The molecule has 19 heavy (non-hydrogen) atoms. The molecule has 1 heterocycles. The number of methoxy groups -OCH3 is 1. The molecule has 2 rings (SSSR count). The van der Waals surface area contributed by atoms with Crippen molar-refractivity contribution in [2.45, 2.75) is 26.0 Å². The van der Waals surface area contributed by atoms with Crippen LogP contribution in [0.25, 0.3) is 0 Å². The molecule has 2 aromatic rings. The quantitative estimate of drug-likeness (QED) is 0.901. The maximum atomic E-state index is 13.6. The standard InChI is InChI=1S/C14H17FN2O2/c1-3-14-16-6-7-17(14)9-12(18)10-4-5-13(19-2)11(15)8-10/h4-8,12,18H,3,9H2,1-2H3. The lowest BCUT2D eigenvalue weighted by molar-refractivity contribution is 0.154. The average Bonchev–Trinajstić information content (AvgIpc) is 2.85. The molecule has 0 aliphatic carbocycles. The molecule has 102 valence electrons. The SMILES string of the molecule is CCc1nccn1CC(O)c1ccc(OC)c(F)c1. The lowest BCUT2D eigenvalue weighted by Crippen LogP contribution is -2.11. The summed E-state index contributed by atoms with van der Waals surface area (Å²) < 4.78 is 20.3. The van der Waals surface area contributed by atoms with E-state index in [4.69, 9.17) is 4.74 Å². The van der Waals surface area contributed by atoms with Gasteiger partial charge in [-0.25, -0.2) is 9.37 Å². The molecule has 0 saturated heterocycles. The first-order valence-corrected chi connectivity index (χ1v) is 6.17. The first-order valence-electron chi connectivity index (χ1n) is 6.17. The molecular weight excluding hydrogens is 247 g/mol. The highest BCUT2D eigenvalue weighted by atomic mass is 19.1. The van der Waals surface area contributed by atoms with Crippen molar-refractivity contribution in [2.24, 2.45) is 0 Å². The first kappa shape index (κ1) is 13.5. The largest absolute Gasteiger partial charge is 0.494 e. The Labute approximate surface area is 111 Å². The summed E-state index contributed by atoms with van der Waals surface area (Å²) in [5, 5.41) is 10.1. The normalized spacial score (nSPS) is 12.4. The van der Waals surface area contributed by atoms with E-state index in [2.05, 4.69) is 4.98 Å². The highest BCUT2D eigenvalue weighted by Crippen LogP contribution is 2.23. The fraction of sp³-hybridized carbons (Fsp3) is 0.357. The van der Waals surface area contributed by atoms with Gasteiger partial charge in [0, 0.05) is 18.8 Å². The van der Waals surface area contributed by atoms with Crippen molar-refractivity contribution in [3.63, 3.8) is 0 Å². The van der Waals surface area contributed by atoms with Crippen LogP contribution in [0.15, 0.2) is 30.6 Å². The van der Waals surface area contributed by atoms with E-state index in [1.54, 1.807) is 12.3 Å². The lowest BCUT2D eigenvalue weighted by atomic mass is 10.1. The van der Waals surface area contributed by atoms with E-state index in [0.29, 0.717) is 12.1 Å². The molecule has 1 atom stereocenters. The summed E-state index contributed by atoms with van der Waals surface area (Å²) in [6.07, 6.45) is 3.51. The summed E-state index contributed by atoms with van der Waals surface area (Å²) >= 11 is 0. The second-order valence-electron chi connectivity index (χ2n) is 4.26. The first-order chi connectivity index (χ1) is 9.15. The molecular formula is C14H17FN2O2. The van der Waals surface area contributed by atoms with Crippen LogP contribution in [0.2, 0.25) is 0 Å². The third kappa shape index (κ3) is 2.93. The fourth-order valence-electron chi connectivity index (χ4n) is 2.00. The van der Waals surface area contributed by atoms with Crippen LogP contribution in [0, 0.1) is 5.82 Å². The summed E-state index contributed by atoms with van der Waals surface area (Å²) in [5.41, 5.74) is 0.522. The van der Waals surface area contributed by atoms with Gasteiger partial charge in [0.1, 0.15) is 5.82 Å². The van der Waals surface area contributed by atoms with E-state index >= 15 is 0 Å². The Morgan fingerprint density at radius 1 is 1.47 bits per heavy atom. The van der Waals surface area contributed by atoms with Crippen molar-refractivity contribution in [3.05, 3.63) is 47.8 Å². The smallest absolute Gasteiger partial charge is 0.165 e. The zero-order valence-electron chi connectivity index (χ0n) is 11.0. The number of aliphatic hydroxyl groups is 1. The molecule has 1 aromatic heterocycles. The molecule has 0 aliphatic rings. The zero-order valence-corrected chi connectivity index (χ0v) is 11.0. The number of benzene rings is 1. The van der Waals surface area contributed by atoms with E-state index in [0.717, 1.165) is 12.2 Å². The summed E-state index contributed by atoms with van der Waals surface area (Å²) in [6, 6.07) is 4.48. The Balaban J connectivity index is 2.16. The van der Waals surface area contributed by atoms with Gasteiger partial charge in [0.25, 0.3) is 0 Å². The minimum absolute atomic E-state index is 0.174. The van der Waals surface area contributed by atoms with Gasteiger partial charge in [-0.2, -0.15) is 0 Å². The number of imidazole rings is 1. The minimum Gasteiger partial charge on any atom is -0.494 e. The molecule has 1 unspecified atom stereocenters. The monoisotopic (exact) mass is 264 g/mol. The van der Waals surface area contributed by atoms with Crippen molar-refractivity contribution in [2.75, 3.05) is 7.11 Å². The number of hydrogen-bond acceptors (Lipinski definition) is 3. The van der Waals surface area contributed by atoms with E-state index in [-0.39, 0.29) is 5.75 Å². The number of rotatable bonds is 5. The van der Waals surface area contributed by atoms with Gasteiger partial charge >= 0.3 is 0 Å². The van der Waals surface area contributed by atoms with Crippen molar-refractivity contribution in [1.29, 1.82) is 0 Å². The maximum Gasteiger partial charge on any atom is 0.165 e. The van der Waals surface area contributed by atoms with Crippen LogP contribution in [-0.4, -0.2) is 21.8 Å². The van der Waals surface area contributed by atoms with Crippen molar-refractivity contribution in [3.8, 4) is 5.75 Å². The van der Waals surface area contributed by atoms with Crippen molar-refractivity contribution in [1.82, 2.24) is 9.55 Å². The Hall–Kier alpha value is -1.88. The highest BCUT2D eigenvalue weighted by molar-refractivity contribution is 5.30. The number of ether oxygens (including phenoxy) is 1. The third-order valence-electron chi connectivity index (χ3n) is 3.05. The van der Waals surface area contributed by atoms with Gasteiger partial charge < -0.3 is 14.4 Å². The Kier molecular flexibility index (Phi) is 4.16. The minimum atomic E-state index is -0.778. The van der Waals surface area contributed by atoms with Crippen LogP contribution >= 0.6 is 0 Å². The van der Waals surface area contributed by atoms with Gasteiger partial charge in [-0.3, -0.25) is 0 Å². The maximum absolute atomic E-state index is 13.6. The molecule has 0 spiro atoms. The summed E-state index contributed by atoms with van der Waals surface area (Å²) in [7, 11) is 1.41. The van der Waals surface area contributed by atoms with E-state index in [1.807, 2.05) is 17.7 Å². The zero-order chi connectivity index (χ0) is 13.8. The molecule has 0 aliphatic heterocycles. The second-order valence-corrected chi connectivity index (χ2v) is 4.26. The molecule has 1 N–H and O–H groups in total. The van der Waals surface area contributed by atoms with Gasteiger partial charge in [-0.05, 0) is 17.7 Å². The molecule has 0 fully saturated rings. The molecule has 0 amide bonds. The van der Waals surface area contributed by atoms with Gasteiger partial charge in [0.2, 0.25) is 0 Å². The highest BCUT2D eigenvalue weighted by Gasteiger charge is 2.13. The lowest BCUT2D eigenvalue weighted by Gasteiger charge is -2.14. The summed E-state index contributed by atoms with van der Waals surface area (Å²) in [5.74, 6) is 0.598. The number of hydrogen-bond donors (Lipinski definition) is 1. The van der Waals surface area contributed by atoms with Gasteiger partial charge in [-0.1, -0.05) is 13.0 Å². The van der Waals surface area contributed by atoms with Crippen LogP contribution in [0.3, 0.4) is 0 Å². The third-order valence-corrected chi connectivity index (χ3v) is 3.05. The second kappa shape index (κ2) is 5.84. The van der Waals surface area contributed by atoms with Gasteiger partial charge in [0.15, 0.2) is 11.6 Å². The predicted molar refractivity (Wildman–Crippen MR) is 69.5 cm³/mol. The molecule has 0 bridgehead atoms. The van der Waals surface area contributed by atoms with Gasteiger partial charge in [-0.15, -0.1) is 0 Å². The molecule has 0 saturated carbocycles. The van der Waals surface area contributed by atoms with E-state index in [9.17, 15) is 9.50 Å². The van der Waals surface area contributed by atoms with E-state index < -0.39 is 11.9 Å². The fourth-order valence-corrected chi connectivity index (χ4v) is 2.00. The number of halogens is 1. The molecule has 1 aromatic carbocycles. The Morgan fingerprint density at radius 2 is 2.26 bits per heavy atom. The van der Waals surface area contributed by atoms with Crippen molar-refractivity contribution < 1.29 is 14.2 Å². The van der Waals surface area contributed by atoms with Crippen LogP contribution in [0.5, 0.6) is 5.75 Å². The predicted octanol–water partition coefficient (Wildman–Crippen LogP) is 2.33. The van der Waals surface area contributed by atoms with Crippen molar-refractivity contribution >= 4 is 0 Å². The number of aliphatic hydroxyl groups excluding tert-OH is 1. The van der Waals surface area contributed by atoms with E-state index in [1.165, 1.54) is 19.2 Å².